The van der Waals surface area contributed by atoms with Gasteiger partial charge in [-0.15, -0.1) is 0 Å². The van der Waals surface area contributed by atoms with Gasteiger partial charge in [-0.25, -0.2) is 0 Å². The van der Waals surface area contributed by atoms with Crippen molar-refractivity contribution in [1.29, 1.82) is 0 Å². The van der Waals surface area contributed by atoms with Crippen molar-refractivity contribution in [3.05, 3.63) is 17.7 Å². The van der Waals surface area contributed by atoms with Crippen LogP contribution < -0.4 is 16.0 Å². The Kier molecular flexibility index (Phi) is 4.21. The minimum atomic E-state index is -0.0908. The summed E-state index contributed by atoms with van der Waals surface area (Å²) in [5, 5.41) is 2.81. The first-order chi connectivity index (χ1) is 9.36. The number of benzene rings is 1. The molecule has 2 atom stereocenters. The lowest BCUT2D eigenvalue weighted by molar-refractivity contribution is -0.114. The fraction of sp³-hybridized carbons (Fsp3) is 0.562. The van der Waals surface area contributed by atoms with Crippen LogP contribution in [0.5, 0.6) is 0 Å². The second-order valence-corrected chi connectivity index (χ2v) is 6.26. The molecule has 0 radical (unpaired) electrons. The van der Waals surface area contributed by atoms with Gasteiger partial charge in [0.1, 0.15) is 0 Å². The third-order valence-corrected chi connectivity index (χ3v) is 3.89. The highest BCUT2D eigenvalue weighted by Crippen LogP contribution is 2.33. The van der Waals surface area contributed by atoms with Gasteiger partial charge in [-0.2, -0.15) is 0 Å². The largest absolute Gasteiger partial charge is 0.397 e. The summed E-state index contributed by atoms with van der Waals surface area (Å²) in [5.41, 5.74) is 9.67. The van der Waals surface area contributed by atoms with E-state index >= 15 is 0 Å². The van der Waals surface area contributed by atoms with E-state index < -0.39 is 0 Å². The van der Waals surface area contributed by atoms with E-state index in [9.17, 15) is 4.79 Å². The van der Waals surface area contributed by atoms with Crippen LogP contribution in [0.3, 0.4) is 0 Å². The van der Waals surface area contributed by atoms with Crippen LogP contribution in [-0.4, -0.2) is 19.0 Å². The monoisotopic (exact) mass is 275 g/mol. The zero-order chi connectivity index (χ0) is 14.9. The van der Waals surface area contributed by atoms with Crippen molar-refractivity contribution in [2.75, 3.05) is 29.0 Å². The van der Waals surface area contributed by atoms with Crippen LogP contribution in [0.2, 0.25) is 0 Å². The van der Waals surface area contributed by atoms with E-state index in [2.05, 4.69) is 31.0 Å². The van der Waals surface area contributed by atoms with E-state index in [-0.39, 0.29) is 5.91 Å². The van der Waals surface area contributed by atoms with Crippen LogP contribution >= 0.6 is 0 Å². The maximum Gasteiger partial charge on any atom is 0.221 e. The van der Waals surface area contributed by atoms with Gasteiger partial charge in [0.2, 0.25) is 5.91 Å². The van der Waals surface area contributed by atoms with Crippen LogP contribution in [-0.2, 0) is 4.79 Å². The molecular formula is C16H25N3O. The summed E-state index contributed by atoms with van der Waals surface area (Å²) >= 11 is 0. The Morgan fingerprint density at radius 2 is 1.90 bits per heavy atom. The number of carbonyl (C=O) groups excluding carboxylic acids is 1. The van der Waals surface area contributed by atoms with Crippen molar-refractivity contribution < 1.29 is 4.79 Å². The molecule has 2 rings (SSSR count). The molecule has 1 amide bonds. The molecule has 0 saturated carbocycles. The highest BCUT2D eigenvalue weighted by molar-refractivity contribution is 5.93. The molecule has 20 heavy (non-hydrogen) atoms. The number of carbonyl (C=O) groups is 1. The van der Waals surface area contributed by atoms with Crippen molar-refractivity contribution in [1.82, 2.24) is 0 Å². The predicted molar refractivity (Wildman–Crippen MR) is 85.1 cm³/mol. The van der Waals surface area contributed by atoms with Gasteiger partial charge in [-0.05, 0) is 42.9 Å². The molecular weight excluding hydrogens is 250 g/mol. The van der Waals surface area contributed by atoms with Gasteiger partial charge in [0, 0.05) is 25.7 Å². The number of nitrogens with one attached hydrogen (secondary N) is 1. The molecule has 1 fully saturated rings. The SMILES string of the molecule is CC(=O)Nc1cc(N2C[C@H](C)C[C@H](C)C2)c(C)cc1N. The molecule has 110 valence electrons. The standard InChI is InChI=1S/C16H25N3O/c1-10-5-11(2)9-19(8-10)16-7-15(18-13(4)20)14(17)6-12(16)3/h6-7,10-11H,5,8-9,17H2,1-4H3,(H,18,20)/t10-,11+. The number of aryl methyl sites for hydroxylation is 1. The molecule has 3 N–H and O–H groups in total. The van der Waals surface area contributed by atoms with E-state index in [0.29, 0.717) is 23.2 Å². The van der Waals surface area contributed by atoms with Gasteiger partial charge in [-0.1, -0.05) is 13.8 Å². The van der Waals surface area contributed by atoms with Gasteiger partial charge in [0.05, 0.1) is 11.4 Å². The van der Waals surface area contributed by atoms with Crippen LogP contribution in [0, 0.1) is 18.8 Å². The molecule has 0 unspecified atom stereocenters. The van der Waals surface area contributed by atoms with Crippen LogP contribution in [0.4, 0.5) is 17.1 Å². The first-order valence-corrected chi connectivity index (χ1v) is 7.29. The minimum absolute atomic E-state index is 0.0908. The Hall–Kier alpha value is -1.71. The first-order valence-electron chi connectivity index (χ1n) is 7.29. The highest BCUT2D eigenvalue weighted by atomic mass is 16.1. The maximum absolute atomic E-state index is 11.3. The number of amides is 1. The smallest absolute Gasteiger partial charge is 0.221 e. The van der Waals surface area contributed by atoms with Crippen molar-refractivity contribution >= 4 is 23.0 Å². The van der Waals surface area contributed by atoms with E-state index in [1.165, 1.54) is 19.0 Å². The summed E-state index contributed by atoms with van der Waals surface area (Å²) < 4.78 is 0. The van der Waals surface area contributed by atoms with Gasteiger partial charge in [-0.3, -0.25) is 4.79 Å². The van der Waals surface area contributed by atoms with E-state index in [1.54, 1.807) is 0 Å². The molecule has 0 aliphatic carbocycles. The first kappa shape index (κ1) is 14.7. The topological polar surface area (TPSA) is 58.4 Å². The number of nitrogens with zero attached hydrogens (tertiary/aromatic N) is 1. The normalized spacial score (nSPS) is 22.7. The third kappa shape index (κ3) is 3.24. The summed E-state index contributed by atoms with van der Waals surface area (Å²) in [6.07, 6.45) is 1.28. The summed E-state index contributed by atoms with van der Waals surface area (Å²) in [6, 6.07) is 3.96. The van der Waals surface area contributed by atoms with Crippen LogP contribution in [0.15, 0.2) is 12.1 Å². The van der Waals surface area contributed by atoms with Crippen molar-refractivity contribution in [3.63, 3.8) is 0 Å². The number of anilines is 3. The molecule has 1 saturated heterocycles. The van der Waals surface area contributed by atoms with E-state index in [4.69, 9.17) is 5.73 Å². The Bertz CT molecular complexity index is 503. The summed E-state index contributed by atoms with van der Waals surface area (Å²) in [5.74, 6) is 1.30. The van der Waals surface area contributed by atoms with E-state index in [1.807, 2.05) is 12.1 Å². The molecule has 4 heteroatoms. The predicted octanol–water partition coefficient (Wildman–Crippen LogP) is 3.02. The third-order valence-electron chi connectivity index (χ3n) is 3.89. The summed E-state index contributed by atoms with van der Waals surface area (Å²) in [6.45, 7) is 10.3. The lowest BCUT2D eigenvalue weighted by atomic mass is 9.91. The van der Waals surface area contributed by atoms with Crippen LogP contribution in [0.25, 0.3) is 0 Å². The fourth-order valence-corrected chi connectivity index (χ4v) is 3.22. The van der Waals surface area contributed by atoms with Gasteiger partial charge < -0.3 is 16.0 Å². The number of nitrogen functional groups attached to an aromatic ring is 1. The lowest BCUT2D eigenvalue weighted by Crippen LogP contribution is -2.39. The molecule has 0 bridgehead atoms. The minimum Gasteiger partial charge on any atom is -0.397 e. The zero-order valence-electron chi connectivity index (χ0n) is 12.9. The molecule has 1 aliphatic rings. The Labute approximate surface area is 121 Å². The fourth-order valence-electron chi connectivity index (χ4n) is 3.22. The zero-order valence-corrected chi connectivity index (χ0v) is 12.9. The number of nitrogens with two attached hydrogens (primary N) is 1. The number of hydrogen-bond acceptors (Lipinski definition) is 3. The Morgan fingerprint density at radius 3 is 2.45 bits per heavy atom. The lowest BCUT2D eigenvalue weighted by Gasteiger charge is -2.37. The average molecular weight is 275 g/mol. The Morgan fingerprint density at radius 1 is 1.30 bits per heavy atom. The number of piperidine rings is 1. The van der Waals surface area contributed by atoms with Crippen LogP contribution in [0.1, 0.15) is 32.8 Å². The molecule has 1 aromatic rings. The molecule has 1 heterocycles. The highest BCUT2D eigenvalue weighted by Gasteiger charge is 2.23. The molecule has 4 nitrogen and oxygen atoms in total. The maximum atomic E-state index is 11.3. The van der Waals surface area contributed by atoms with Gasteiger partial charge in [0.25, 0.3) is 0 Å². The number of rotatable bonds is 2. The molecule has 0 spiro atoms. The second kappa shape index (κ2) is 5.73. The van der Waals surface area contributed by atoms with Gasteiger partial charge in [0.15, 0.2) is 0 Å². The summed E-state index contributed by atoms with van der Waals surface area (Å²) in [7, 11) is 0. The molecule has 0 aromatic heterocycles. The number of hydrogen-bond donors (Lipinski definition) is 2. The Balaban J connectivity index is 2.32. The van der Waals surface area contributed by atoms with Crippen molar-refractivity contribution in [3.8, 4) is 0 Å². The van der Waals surface area contributed by atoms with Gasteiger partial charge >= 0.3 is 0 Å². The quantitative estimate of drug-likeness (QED) is 0.816. The van der Waals surface area contributed by atoms with Crippen molar-refractivity contribution in [2.45, 2.75) is 34.1 Å². The molecule has 1 aliphatic heterocycles. The summed E-state index contributed by atoms with van der Waals surface area (Å²) in [4.78, 5) is 13.7. The molecule has 1 aromatic carbocycles. The second-order valence-electron chi connectivity index (χ2n) is 6.26. The van der Waals surface area contributed by atoms with Crippen molar-refractivity contribution in [2.24, 2.45) is 11.8 Å². The van der Waals surface area contributed by atoms with E-state index in [0.717, 1.165) is 18.7 Å². The average Bonchev–Trinajstić information content (AvgIpc) is 2.30.